The molecule has 0 saturated heterocycles. The summed E-state index contributed by atoms with van der Waals surface area (Å²) in [6.45, 7) is 7.23. The fraction of sp³-hybridized carbons (Fsp3) is 0.435. The number of carbonyl (C=O) groups is 1. The number of hydrogen-bond acceptors (Lipinski definition) is 3. The van der Waals surface area contributed by atoms with Gasteiger partial charge in [0.25, 0.3) is 0 Å². The standard InChI is InChI=1S/C23H30O3/c1-17(24)15-22(3,19-11-7-5-8-12-19)21(26)23(4,16-18(2)25)20-13-9-6-10-14-20/h5-14,17-18,24-25H,15-16H2,1-4H3. The van der Waals surface area contributed by atoms with Gasteiger partial charge in [-0.25, -0.2) is 0 Å². The third-order valence-corrected chi connectivity index (χ3v) is 5.23. The summed E-state index contributed by atoms with van der Waals surface area (Å²) in [6, 6.07) is 19.2. The second kappa shape index (κ2) is 8.15. The molecular weight excluding hydrogens is 324 g/mol. The summed E-state index contributed by atoms with van der Waals surface area (Å²) in [5, 5.41) is 20.2. The Kier molecular flexibility index (Phi) is 6.38. The van der Waals surface area contributed by atoms with E-state index in [0.717, 1.165) is 11.1 Å². The fourth-order valence-electron chi connectivity index (χ4n) is 4.09. The Morgan fingerprint density at radius 1 is 0.769 bits per heavy atom. The molecule has 140 valence electrons. The quantitative estimate of drug-likeness (QED) is 0.753. The van der Waals surface area contributed by atoms with Crippen LogP contribution < -0.4 is 0 Å². The molecule has 0 radical (unpaired) electrons. The second-order valence-corrected chi connectivity index (χ2v) is 7.83. The lowest BCUT2D eigenvalue weighted by Gasteiger charge is -2.40. The Balaban J connectivity index is 2.59. The first-order chi connectivity index (χ1) is 12.2. The van der Waals surface area contributed by atoms with Gasteiger partial charge in [-0.3, -0.25) is 4.79 Å². The summed E-state index contributed by atoms with van der Waals surface area (Å²) < 4.78 is 0. The van der Waals surface area contributed by atoms with E-state index < -0.39 is 23.0 Å². The summed E-state index contributed by atoms with van der Waals surface area (Å²) in [7, 11) is 0. The number of hydrogen-bond donors (Lipinski definition) is 2. The summed E-state index contributed by atoms with van der Waals surface area (Å²) in [6.07, 6.45) is -0.567. The lowest BCUT2D eigenvalue weighted by molar-refractivity contribution is -0.131. The number of rotatable bonds is 8. The summed E-state index contributed by atoms with van der Waals surface area (Å²) >= 11 is 0. The van der Waals surface area contributed by atoms with Crippen LogP contribution in [0.2, 0.25) is 0 Å². The molecule has 0 aliphatic carbocycles. The van der Waals surface area contributed by atoms with Crippen LogP contribution in [0.4, 0.5) is 0 Å². The van der Waals surface area contributed by atoms with Crippen LogP contribution in [-0.2, 0) is 15.6 Å². The van der Waals surface area contributed by atoms with E-state index in [0.29, 0.717) is 12.8 Å². The monoisotopic (exact) mass is 354 g/mol. The highest BCUT2D eigenvalue weighted by Gasteiger charge is 2.47. The van der Waals surface area contributed by atoms with Gasteiger partial charge in [0, 0.05) is 0 Å². The van der Waals surface area contributed by atoms with Crippen molar-refractivity contribution >= 4 is 5.78 Å². The van der Waals surface area contributed by atoms with Crippen molar-refractivity contribution < 1.29 is 15.0 Å². The molecule has 0 aromatic heterocycles. The maximum absolute atomic E-state index is 13.9. The Morgan fingerprint density at radius 2 is 1.08 bits per heavy atom. The first kappa shape index (κ1) is 20.3. The van der Waals surface area contributed by atoms with E-state index in [1.807, 2.05) is 74.5 Å². The third-order valence-electron chi connectivity index (χ3n) is 5.23. The Hall–Kier alpha value is -1.97. The first-order valence-corrected chi connectivity index (χ1v) is 9.22. The van der Waals surface area contributed by atoms with Crippen molar-refractivity contribution in [3.8, 4) is 0 Å². The molecule has 2 aromatic rings. The second-order valence-electron chi connectivity index (χ2n) is 7.83. The molecule has 2 N–H and O–H groups in total. The number of aliphatic hydroxyl groups excluding tert-OH is 2. The molecule has 0 amide bonds. The maximum Gasteiger partial charge on any atom is 0.153 e. The van der Waals surface area contributed by atoms with Gasteiger partial charge in [0.2, 0.25) is 0 Å². The first-order valence-electron chi connectivity index (χ1n) is 9.22. The molecule has 0 fully saturated rings. The van der Waals surface area contributed by atoms with Crippen LogP contribution in [0.3, 0.4) is 0 Å². The van der Waals surface area contributed by atoms with Crippen molar-refractivity contribution in [1.82, 2.24) is 0 Å². The topological polar surface area (TPSA) is 57.5 Å². The highest BCUT2D eigenvalue weighted by atomic mass is 16.3. The summed E-state index contributed by atoms with van der Waals surface area (Å²) in [4.78, 5) is 13.9. The van der Waals surface area contributed by atoms with E-state index in [1.54, 1.807) is 13.8 Å². The van der Waals surface area contributed by atoms with Crippen molar-refractivity contribution in [2.24, 2.45) is 0 Å². The maximum atomic E-state index is 13.9. The highest BCUT2D eigenvalue weighted by Crippen LogP contribution is 2.41. The predicted molar refractivity (Wildman–Crippen MR) is 105 cm³/mol. The molecule has 2 aromatic carbocycles. The lowest BCUT2D eigenvalue weighted by Crippen LogP contribution is -2.48. The zero-order chi connectivity index (χ0) is 19.4. The average molecular weight is 354 g/mol. The number of Topliss-reactive ketones (excluding diaryl/α,β-unsaturated/α-hetero) is 1. The molecule has 0 aliphatic heterocycles. The van der Waals surface area contributed by atoms with Gasteiger partial charge >= 0.3 is 0 Å². The van der Waals surface area contributed by atoms with Crippen LogP contribution in [0.1, 0.15) is 51.7 Å². The van der Waals surface area contributed by atoms with E-state index >= 15 is 0 Å². The minimum Gasteiger partial charge on any atom is -0.393 e. The molecule has 0 saturated carbocycles. The Bertz CT molecular complexity index is 647. The molecule has 0 bridgehead atoms. The molecule has 3 heteroatoms. The SMILES string of the molecule is CC(O)CC(C)(C(=O)C(C)(CC(C)O)c1ccccc1)c1ccccc1. The zero-order valence-electron chi connectivity index (χ0n) is 16.1. The summed E-state index contributed by atoms with van der Waals surface area (Å²) in [5.41, 5.74) is 0.0707. The van der Waals surface area contributed by atoms with Gasteiger partial charge in [0.05, 0.1) is 23.0 Å². The lowest BCUT2D eigenvalue weighted by atomic mass is 9.62. The van der Waals surface area contributed by atoms with Gasteiger partial charge < -0.3 is 10.2 Å². The van der Waals surface area contributed by atoms with Gasteiger partial charge in [0.1, 0.15) is 0 Å². The molecular formula is C23H30O3. The molecule has 3 nitrogen and oxygen atoms in total. The molecule has 0 heterocycles. The van der Waals surface area contributed by atoms with E-state index in [4.69, 9.17) is 0 Å². The highest BCUT2D eigenvalue weighted by molar-refractivity contribution is 5.98. The van der Waals surface area contributed by atoms with Crippen molar-refractivity contribution in [2.75, 3.05) is 0 Å². The number of aliphatic hydroxyl groups is 2. The minimum atomic E-state index is -0.852. The smallest absolute Gasteiger partial charge is 0.153 e. The van der Waals surface area contributed by atoms with Crippen LogP contribution in [0.25, 0.3) is 0 Å². The zero-order valence-corrected chi connectivity index (χ0v) is 16.1. The number of benzene rings is 2. The number of carbonyl (C=O) groups excluding carboxylic acids is 1. The van der Waals surface area contributed by atoms with Crippen molar-refractivity contribution in [1.29, 1.82) is 0 Å². The van der Waals surface area contributed by atoms with Crippen molar-refractivity contribution in [3.05, 3.63) is 71.8 Å². The minimum absolute atomic E-state index is 0.0178. The van der Waals surface area contributed by atoms with Gasteiger partial charge in [-0.15, -0.1) is 0 Å². The molecule has 2 rings (SSSR count). The van der Waals surface area contributed by atoms with Crippen LogP contribution in [0.15, 0.2) is 60.7 Å². The van der Waals surface area contributed by atoms with Gasteiger partial charge in [-0.1, -0.05) is 60.7 Å². The van der Waals surface area contributed by atoms with Gasteiger partial charge in [-0.2, -0.15) is 0 Å². The average Bonchev–Trinajstić information content (AvgIpc) is 2.61. The van der Waals surface area contributed by atoms with Crippen LogP contribution in [0.5, 0.6) is 0 Å². The third kappa shape index (κ3) is 4.22. The van der Waals surface area contributed by atoms with E-state index in [-0.39, 0.29) is 5.78 Å². The molecule has 4 atom stereocenters. The van der Waals surface area contributed by atoms with Gasteiger partial charge in [0.15, 0.2) is 5.78 Å². The summed E-state index contributed by atoms with van der Waals surface area (Å²) in [5.74, 6) is 0.0178. The van der Waals surface area contributed by atoms with E-state index in [1.165, 1.54) is 0 Å². The van der Waals surface area contributed by atoms with Gasteiger partial charge in [-0.05, 0) is 51.7 Å². The fourth-order valence-corrected chi connectivity index (χ4v) is 4.09. The molecule has 4 unspecified atom stereocenters. The molecule has 0 aliphatic rings. The normalized spacial score (nSPS) is 18.4. The van der Waals surface area contributed by atoms with Crippen molar-refractivity contribution in [3.63, 3.8) is 0 Å². The number of ketones is 1. The predicted octanol–water partition coefficient (Wildman–Crippen LogP) is 4.01. The molecule has 0 spiro atoms. The molecule has 26 heavy (non-hydrogen) atoms. The van der Waals surface area contributed by atoms with Crippen molar-refractivity contribution in [2.45, 2.75) is 63.6 Å². The largest absolute Gasteiger partial charge is 0.393 e. The Morgan fingerprint density at radius 3 is 1.35 bits per heavy atom. The van der Waals surface area contributed by atoms with E-state index in [2.05, 4.69) is 0 Å². The van der Waals surface area contributed by atoms with Crippen LogP contribution in [0, 0.1) is 0 Å². The van der Waals surface area contributed by atoms with E-state index in [9.17, 15) is 15.0 Å². The Labute approximate surface area is 156 Å². The van der Waals surface area contributed by atoms with Crippen LogP contribution in [-0.4, -0.2) is 28.2 Å². The van der Waals surface area contributed by atoms with Crippen LogP contribution >= 0.6 is 0 Å².